The van der Waals surface area contributed by atoms with Crippen LogP contribution in [0.1, 0.15) is 15.9 Å². The molecule has 0 amide bonds. The maximum Gasteiger partial charge on any atom is 0.196 e. The van der Waals surface area contributed by atoms with Crippen LogP contribution in [0.15, 0.2) is 109 Å². The maximum absolute atomic E-state index is 13.7. The molecule has 0 aliphatic carbocycles. The summed E-state index contributed by atoms with van der Waals surface area (Å²) < 4.78 is 16.8. The van der Waals surface area contributed by atoms with Gasteiger partial charge in [-0.2, -0.15) is 10.2 Å². The van der Waals surface area contributed by atoms with Gasteiger partial charge in [-0.25, -0.2) is 28.4 Å². The van der Waals surface area contributed by atoms with Crippen molar-refractivity contribution >= 4 is 75.0 Å². The molecule has 14 heteroatoms. The second kappa shape index (κ2) is 12.9. The number of nitrogens with zero attached hydrogens (tertiary/aromatic N) is 7. The monoisotopic (exact) mass is 677 g/mol. The van der Waals surface area contributed by atoms with Gasteiger partial charge in [0.25, 0.3) is 0 Å². The van der Waals surface area contributed by atoms with Crippen LogP contribution in [0.4, 0.5) is 21.6 Å². The van der Waals surface area contributed by atoms with Crippen LogP contribution in [0.5, 0.6) is 5.88 Å². The van der Waals surface area contributed by atoms with Gasteiger partial charge in [0.05, 0.1) is 23.6 Å². The van der Waals surface area contributed by atoms with Gasteiger partial charge in [-0.15, -0.1) is 0 Å². The Morgan fingerprint density at radius 1 is 0.875 bits per heavy atom. The highest BCUT2D eigenvalue weighted by atomic mass is 35.5. The number of rotatable bonds is 5. The fourth-order valence-electron chi connectivity index (χ4n) is 4.94. The number of benzene rings is 3. The van der Waals surface area contributed by atoms with E-state index in [4.69, 9.17) is 23.2 Å². The van der Waals surface area contributed by atoms with E-state index in [1.54, 1.807) is 76.2 Å². The summed E-state index contributed by atoms with van der Waals surface area (Å²) in [5, 5.41) is 24.2. The first-order valence-corrected chi connectivity index (χ1v) is 15.1. The number of aromatic amines is 1. The number of anilines is 2. The molecule has 3 aromatic carbocycles. The van der Waals surface area contributed by atoms with Crippen molar-refractivity contribution in [1.82, 2.24) is 34.2 Å². The molecule has 0 unspecified atom stereocenters. The van der Waals surface area contributed by atoms with E-state index in [0.29, 0.717) is 65.6 Å². The standard InChI is InChI=1S/C21H13ClFN5O.C13H9ClN4O/c22-13-2-1-3-15(9-13)25-19-6-7-28-20(27-19)12(11-24-28)8-17-16-10-14(23)4-5-18(16)26-21(17)29;14-10-2-1-3-11(6-10)16-12-4-5-18-13(17-12)9(8-19)7-15-18/h1-11,26,29H;1-8H,(H,16,17). The number of aldehydes is 1. The third-order valence-corrected chi connectivity index (χ3v) is 7.60. The van der Waals surface area contributed by atoms with Crippen LogP contribution in [-0.2, 0) is 0 Å². The van der Waals surface area contributed by atoms with Gasteiger partial charge < -0.3 is 15.4 Å². The van der Waals surface area contributed by atoms with E-state index >= 15 is 0 Å². The molecule has 8 aromatic rings. The largest absolute Gasteiger partial charge is 0.494 e. The highest BCUT2D eigenvalue weighted by molar-refractivity contribution is 6.31. The summed E-state index contributed by atoms with van der Waals surface area (Å²) >= 11 is 11.9. The molecule has 0 fully saturated rings. The summed E-state index contributed by atoms with van der Waals surface area (Å²) in [6.45, 7) is 0. The van der Waals surface area contributed by atoms with E-state index in [9.17, 15) is 14.3 Å². The fraction of sp³-hybridized carbons (Fsp3) is 0. The Morgan fingerprint density at radius 3 is 2.46 bits per heavy atom. The predicted octanol–water partition coefficient (Wildman–Crippen LogP) is 6.43. The van der Waals surface area contributed by atoms with E-state index in [-0.39, 0.29) is 11.7 Å². The maximum atomic E-state index is 13.7. The smallest absolute Gasteiger partial charge is 0.196 e. The summed E-state index contributed by atoms with van der Waals surface area (Å²) in [7, 11) is 0. The van der Waals surface area contributed by atoms with E-state index < -0.39 is 0 Å². The molecule has 236 valence electrons. The van der Waals surface area contributed by atoms with Gasteiger partial charge in [0.2, 0.25) is 0 Å². The van der Waals surface area contributed by atoms with Crippen molar-refractivity contribution in [1.29, 1.82) is 0 Å². The fourth-order valence-corrected chi connectivity index (χ4v) is 5.32. The zero-order valence-electron chi connectivity index (χ0n) is 24.6. The van der Waals surface area contributed by atoms with Crippen molar-refractivity contribution in [2.75, 3.05) is 5.32 Å². The number of carbonyl (C=O) groups is 1. The molecule has 0 aliphatic heterocycles. The average molecular weight is 679 g/mol. The zero-order chi connectivity index (χ0) is 33.2. The van der Waals surface area contributed by atoms with Crippen molar-refractivity contribution in [2.45, 2.75) is 0 Å². The quantitative estimate of drug-likeness (QED) is 0.179. The molecule has 0 saturated carbocycles. The summed E-state index contributed by atoms with van der Waals surface area (Å²) in [5.41, 5.74) is 4.63. The number of carbonyl (C=O) groups excluding carboxylic acids is 1. The molecule has 0 bridgehead atoms. The van der Waals surface area contributed by atoms with Gasteiger partial charge in [0.1, 0.15) is 11.6 Å². The molecule has 0 atom stereocenters. The van der Waals surface area contributed by atoms with Crippen LogP contribution < -0.4 is 16.0 Å². The summed E-state index contributed by atoms with van der Waals surface area (Å²) in [4.78, 5) is 27.1. The lowest BCUT2D eigenvalue weighted by atomic mass is 10.1. The summed E-state index contributed by atoms with van der Waals surface area (Å²) in [6, 6.07) is 22.3. The first-order chi connectivity index (χ1) is 23.3. The minimum Gasteiger partial charge on any atom is -0.494 e. The SMILES string of the molecule is O=Cc1cnn2ccc(Nc3cccc(Cl)c3)nc12.Oc1[nH]c2ccc(F)cc2c1C=c1cnn2ccc(=Nc3cccc(Cl)c3)nc12. The molecule has 48 heavy (non-hydrogen) atoms. The zero-order valence-corrected chi connectivity index (χ0v) is 26.1. The Kier molecular flexibility index (Phi) is 8.24. The molecule has 3 N–H and O–H groups in total. The van der Waals surface area contributed by atoms with E-state index in [1.807, 2.05) is 24.3 Å². The van der Waals surface area contributed by atoms with Gasteiger partial charge in [0.15, 0.2) is 28.9 Å². The van der Waals surface area contributed by atoms with Crippen LogP contribution in [0.2, 0.25) is 10.0 Å². The van der Waals surface area contributed by atoms with Crippen molar-refractivity contribution in [2.24, 2.45) is 4.99 Å². The summed E-state index contributed by atoms with van der Waals surface area (Å²) in [6.07, 6.45) is 9.05. The molecule has 5 heterocycles. The Morgan fingerprint density at radius 2 is 1.65 bits per heavy atom. The molecule has 0 spiro atoms. The molecular formula is C34H22Cl2FN9O2. The average Bonchev–Trinajstić information content (AvgIpc) is 3.76. The first kappa shape index (κ1) is 30.5. The Hall–Kier alpha value is -6.11. The van der Waals surface area contributed by atoms with Crippen molar-refractivity contribution in [3.05, 3.63) is 141 Å². The lowest BCUT2D eigenvalue weighted by molar-refractivity contribution is 0.112. The number of hydrogen-bond donors (Lipinski definition) is 3. The number of nitrogens with one attached hydrogen (secondary N) is 2. The van der Waals surface area contributed by atoms with Crippen LogP contribution in [0, 0.1) is 5.82 Å². The number of hydrogen-bond acceptors (Lipinski definition) is 8. The number of aromatic hydroxyl groups is 1. The summed E-state index contributed by atoms with van der Waals surface area (Å²) in [5.74, 6) is 0.190. The third-order valence-electron chi connectivity index (χ3n) is 7.13. The second-order valence-corrected chi connectivity index (χ2v) is 11.3. The third kappa shape index (κ3) is 6.43. The Labute approximate surface area is 280 Å². The van der Waals surface area contributed by atoms with Gasteiger partial charge in [-0.1, -0.05) is 35.3 Å². The minimum atomic E-state index is -0.383. The van der Waals surface area contributed by atoms with Gasteiger partial charge in [-0.05, 0) is 66.7 Å². The minimum absolute atomic E-state index is 0.0512. The molecule has 11 nitrogen and oxygen atoms in total. The van der Waals surface area contributed by atoms with Gasteiger partial charge >= 0.3 is 0 Å². The topological polar surface area (TPSA) is 138 Å². The lowest BCUT2D eigenvalue weighted by Gasteiger charge is -2.06. The molecular weight excluding hydrogens is 656 g/mol. The van der Waals surface area contributed by atoms with Crippen LogP contribution >= 0.6 is 23.2 Å². The van der Waals surface area contributed by atoms with Crippen molar-refractivity contribution < 1.29 is 14.3 Å². The number of fused-ring (bicyclic) bond motifs is 3. The number of aromatic nitrogens is 7. The predicted molar refractivity (Wildman–Crippen MR) is 181 cm³/mol. The first-order valence-electron chi connectivity index (χ1n) is 14.3. The van der Waals surface area contributed by atoms with Gasteiger partial charge in [0, 0.05) is 55.9 Å². The highest BCUT2D eigenvalue weighted by Gasteiger charge is 2.11. The molecule has 0 aliphatic rings. The number of H-pyrrole nitrogens is 1. The van der Waals surface area contributed by atoms with E-state index in [2.05, 4.69) is 35.5 Å². The van der Waals surface area contributed by atoms with E-state index in [1.165, 1.54) is 18.3 Å². The molecule has 0 saturated heterocycles. The lowest BCUT2D eigenvalue weighted by Crippen LogP contribution is -2.12. The Bertz CT molecular complexity index is 2600. The van der Waals surface area contributed by atoms with Crippen LogP contribution in [-0.4, -0.2) is 45.6 Å². The normalized spacial score (nSPS) is 12.1. The molecule has 0 radical (unpaired) electrons. The highest BCUT2D eigenvalue weighted by Crippen LogP contribution is 2.28. The Balaban J connectivity index is 0.000000166. The molecule has 8 rings (SSSR count). The van der Waals surface area contributed by atoms with Crippen molar-refractivity contribution in [3.8, 4) is 5.88 Å². The van der Waals surface area contributed by atoms with Crippen LogP contribution in [0.3, 0.4) is 0 Å². The number of halogens is 3. The van der Waals surface area contributed by atoms with Gasteiger partial charge in [-0.3, -0.25) is 4.79 Å². The van der Waals surface area contributed by atoms with Crippen molar-refractivity contribution in [3.63, 3.8) is 0 Å². The van der Waals surface area contributed by atoms with Crippen LogP contribution in [0.25, 0.3) is 28.3 Å². The second-order valence-electron chi connectivity index (χ2n) is 10.4. The molecule has 5 aromatic heterocycles. The van der Waals surface area contributed by atoms with E-state index in [0.717, 1.165) is 12.0 Å².